The van der Waals surface area contributed by atoms with E-state index in [2.05, 4.69) is 6.07 Å². The van der Waals surface area contributed by atoms with Gasteiger partial charge in [-0.1, -0.05) is 59.6 Å². The summed E-state index contributed by atoms with van der Waals surface area (Å²) in [5, 5.41) is 11.9. The lowest BCUT2D eigenvalue weighted by molar-refractivity contribution is 0.0702. The van der Waals surface area contributed by atoms with Crippen molar-refractivity contribution in [1.82, 2.24) is 0 Å². The molecule has 0 saturated heterocycles. The van der Waals surface area contributed by atoms with E-state index in [1.807, 2.05) is 63.2 Å². The van der Waals surface area contributed by atoms with Crippen LogP contribution in [0.15, 0.2) is 88.7 Å². The van der Waals surface area contributed by atoms with E-state index >= 15 is 0 Å². The maximum atomic E-state index is 13.2. The number of esters is 1. The molecule has 0 bridgehead atoms. The number of carbonyl (C=O) groups excluding carboxylic acids is 1. The molecule has 0 aliphatic carbocycles. The molecular formula is C35H26Cl2N2O5. The average Bonchev–Trinajstić information content (AvgIpc) is 3.35. The molecule has 7 nitrogen and oxygen atoms in total. The maximum Gasteiger partial charge on any atom is 0.379 e. The summed E-state index contributed by atoms with van der Waals surface area (Å²) < 4.78 is 23.4. The van der Waals surface area contributed by atoms with Crippen molar-refractivity contribution < 1.29 is 23.4 Å². The van der Waals surface area contributed by atoms with Crippen molar-refractivity contribution in [3.8, 4) is 23.3 Å². The molecule has 220 valence electrons. The third kappa shape index (κ3) is 5.35. The summed E-state index contributed by atoms with van der Waals surface area (Å²) in [6.07, 6.45) is 0. The number of halogens is 2. The Balaban J connectivity index is 1.24. The first-order valence-electron chi connectivity index (χ1n) is 13.7. The number of furan rings is 1. The summed E-state index contributed by atoms with van der Waals surface area (Å²) in [6.45, 7) is 6.04. The molecule has 1 aliphatic rings. The second kappa shape index (κ2) is 11.6. The lowest BCUT2D eigenvalue weighted by Crippen LogP contribution is -2.21. The topological polar surface area (TPSA) is 108 Å². The number of hydrogen-bond acceptors (Lipinski definition) is 7. The molecule has 1 aromatic heterocycles. The highest BCUT2D eigenvalue weighted by atomic mass is 35.5. The summed E-state index contributed by atoms with van der Waals surface area (Å²) >= 11 is 12.2. The molecule has 0 saturated carbocycles. The van der Waals surface area contributed by atoms with Gasteiger partial charge in [0.25, 0.3) is 0 Å². The van der Waals surface area contributed by atoms with Crippen LogP contribution in [0.1, 0.15) is 49.9 Å². The number of nitriles is 1. The van der Waals surface area contributed by atoms with Gasteiger partial charge in [0.2, 0.25) is 11.6 Å². The van der Waals surface area contributed by atoms with Crippen molar-refractivity contribution in [3.05, 3.63) is 133 Å². The second-order valence-corrected chi connectivity index (χ2v) is 11.4. The van der Waals surface area contributed by atoms with Gasteiger partial charge in [-0.15, -0.1) is 0 Å². The third-order valence-electron chi connectivity index (χ3n) is 7.83. The van der Waals surface area contributed by atoms with Gasteiger partial charge in [0.15, 0.2) is 0 Å². The van der Waals surface area contributed by atoms with Crippen LogP contribution in [-0.2, 0) is 6.61 Å². The van der Waals surface area contributed by atoms with Crippen LogP contribution in [0.3, 0.4) is 0 Å². The molecule has 0 amide bonds. The number of aryl methyl sites for hydroxylation is 3. The highest BCUT2D eigenvalue weighted by Crippen LogP contribution is 2.44. The van der Waals surface area contributed by atoms with E-state index in [1.54, 1.807) is 30.3 Å². The minimum atomic E-state index is -0.625. The average molecular weight is 626 g/mol. The van der Waals surface area contributed by atoms with Crippen LogP contribution < -0.4 is 19.9 Å². The Bertz CT molecular complexity index is 2020. The van der Waals surface area contributed by atoms with Crippen molar-refractivity contribution in [2.75, 3.05) is 0 Å². The Morgan fingerprint density at radius 1 is 0.955 bits per heavy atom. The van der Waals surface area contributed by atoms with Gasteiger partial charge in [-0.25, -0.2) is 4.79 Å². The zero-order valence-corrected chi connectivity index (χ0v) is 25.5. The van der Waals surface area contributed by atoms with Crippen LogP contribution >= 0.6 is 23.2 Å². The fourth-order valence-corrected chi connectivity index (χ4v) is 5.73. The number of carbonyl (C=O) groups is 1. The number of allylic oxidation sites excluding steroid dienone is 1. The van der Waals surface area contributed by atoms with Crippen molar-refractivity contribution >= 4 is 40.1 Å². The molecule has 1 atom stereocenters. The minimum absolute atomic E-state index is 0.0230. The molecule has 0 spiro atoms. The highest BCUT2D eigenvalue weighted by molar-refractivity contribution is 6.35. The number of hydrogen-bond donors (Lipinski definition) is 1. The molecule has 5 aromatic rings. The van der Waals surface area contributed by atoms with Crippen LogP contribution in [0.5, 0.6) is 17.2 Å². The SMILES string of the molecule is Cc1ccc2c(C)c(C(=O)Oc3ccc4c(c3)OC(N)=C(C#N)C4c3ccc(OCc4ccc(Cl)cc4Cl)cc3)oc2c1C. The van der Waals surface area contributed by atoms with E-state index in [-0.39, 0.29) is 29.6 Å². The molecule has 44 heavy (non-hydrogen) atoms. The Labute approximate surface area is 264 Å². The third-order valence-corrected chi connectivity index (χ3v) is 8.42. The molecule has 0 fully saturated rings. The lowest BCUT2D eigenvalue weighted by Gasteiger charge is -2.26. The van der Waals surface area contributed by atoms with Gasteiger partial charge in [-0.05, 0) is 67.8 Å². The Morgan fingerprint density at radius 2 is 1.70 bits per heavy atom. The largest absolute Gasteiger partial charge is 0.489 e. The van der Waals surface area contributed by atoms with Crippen LogP contribution in [0.25, 0.3) is 11.0 Å². The van der Waals surface area contributed by atoms with Crippen LogP contribution in [0.2, 0.25) is 10.0 Å². The summed E-state index contributed by atoms with van der Waals surface area (Å²) in [4.78, 5) is 13.2. The fourth-order valence-electron chi connectivity index (χ4n) is 5.26. The number of ether oxygens (including phenoxy) is 3. The van der Waals surface area contributed by atoms with E-state index in [4.69, 9.17) is 47.6 Å². The second-order valence-electron chi connectivity index (χ2n) is 10.5. The molecule has 2 N–H and O–H groups in total. The van der Waals surface area contributed by atoms with Crippen molar-refractivity contribution in [1.29, 1.82) is 5.26 Å². The van der Waals surface area contributed by atoms with E-state index in [9.17, 15) is 10.1 Å². The van der Waals surface area contributed by atoms with E-state index in [0.29, 0.717) is 38.3 Å². The molecule has 0 radical (unpaired) electrons. The van der Waals surface area contributed by atoms with Gasteiger partial charge >= 0.3 is 5.97 Å². The Hall–Kier alpha value is -4.90. The van der Waals surface area contributed by atoms with Gasteiger partial charge < -0.3 is 24.4 Å². The van der Waals surface area contributed by atoms with Gasteiger partial charge in [0, 0.05) is 38.2 Å². The molecule has 4 aromatic carbocycles. The molecule has 1 aliphatic heterocycles. The van der Waals surface area contributed by atoms with Gasteiger partial charge in [0.1, 0.15) is 41.1 Å². The molecule has 1 unspecified atom stereocenters. The van der Waals surface area contributed by atoms with Crippen molar-refractivity contribution in [2.24, 2.45) is 5.73 Å². The fraction of sp³-hybridized carbons (Fsp3) is 0.143. The van der Waals surface area contributed by atoms with Crippen LogP contribution in [0, 0.1) is 32.1 Å². The van der Waals surface area contributed by atoms with Gasteiger partial charge in [-0.2, -0.15) is 5.26 Å². The zero-order chi connectivity index (χ0) is 31.1. The smallest absolute Gasteiger partial charge is 0.379 e. The first kappa shape index (κ1) is 29.2. The molecule has 2 heterocycles. The number of nitrogens with two attached hydrogens (primary N) is 1. The van der Waals surface area contributed by atoms with Gasteiger partial charge in [0.05, 0.1) is 5.92 Å². The highest BCUT2D eigenvalue weighted by Gasteiger charge is 2.31. The summed E-state index contributed by atoms with van der Waals surface area (Å²) in [5.74, 6) is 0.232. The monoisotopic (exact) mass is 624 g/mol. The number of fused-ring (bicyclic) bond motifs is 2. The summed E-state index contributed by atoms with van der Waals surface area (Å²) in [5.41, 5.74) is 12.2. The van der Waals surface area contributed by atoms with E-state index in [0.717, 1.165) is 27.6 Å². The van der Waals surface area contributed by atoms with Crippen molar-refractivity contribution in [2.45, 2.75) is 33.3 Å². The summed E-state index contributed by atoms with van der Waals surface area (Å²) in [7, 11) is 0. The quantitative estimate of drug-likeness (QED) is 0.149. The number of rotatable bonds is 6. The Kier molecular flexibility index (Phi) is 7.73. The number of benzene rings is 4. The van der Waals surface area contributed by atoms with Crippen molar-refractivity contribution in [3.63, 3.8) is 0 Å². The Morgan fingerprint density at radius 3 is 2.43 bits per heavy atom. The first-order chi connectivity index (χ1) is 21.1. The predicted octanol–water partition coefficient (Wildman–Crippen LogP) is 8.68. The van der Waals surface area contributed by atoms with Gasteiger partial charge in [-0.3, -0.25) is 0 Å². The summed E-state index contributed by atoms with van der Waals surface area (Å²) in [6, 6.07) is 23.7. The maximum absolute atomic E-state index is 13.2. The molecule has 9 heteroatoms. The van der Waals surface area contributed by atoms with Crippen LogP contribution in [0.4, 0.5) is 0 Å². The molecular weight excluding hydrogens is 599 g/mol. The lowest BCUT2D eigenvalue weighted by atomic mass is 9.83. The van der Waals surface area contributed by atoms with E-state index < -0.39 is 11.9 Å². The first-order valence-corrected chi connectivity index (χ1v) is 14.5. The zero-order valence-electron chi connectivity index (χ0n) is 24.0. The minimum Gasteiger partial charge on any atom is -0.489 e. The van der Waals surface area contributed by atoms with E-state index in [1.165, 1.54) is 0 Å². The standard InChI is InChI=1S/C35H26Cl2N2O5/c1-18-4-12-26-20(3)33(44-32(26)19(18)2)35(40)42-25-11-13-27-30(15-25)43-34(39)28(16-38)31(27)21-6-9-24(10-7-21)41-17-22-5-8-23(36)14-29(22)37/h4-15,31H,17,39H2,1-3H3. The van der Waals surface area contributed by atoms with Crippen LogP contribution in [-0.4, -0.2) is 5.97 Å². The number of nitrogens with zero attached hydrogens (tertiary/aromatic N) is 1. The normalized spacial score (nSPS) is 14.1. The predicted molar refractivity (Wildman–Crippen MR) is 168 cm³/mol. The molecule has 6 rings (SSSR count).